The van der Waals surface area contributed by atoms with Crippen molar-refractivity contribution in [1.29, 1.82) is 0 Å². The molecule has 1 aromatic rings. The van der Waals surface area contributed by atoms with Crippen molar-refractivity contribution in [2.75, 3.05) is 11.9 Å². The molecule has 0 radical (unpaired) electrons. The summed E-state index contributed by atoms with van der Waals surface area (Å²) < 4.78 is 41.2. The van der Waals surface area contributed by atoms with Crippen LogP contribution in [0.25, 0.3) is 0 Å². The molecule has 94 valence electrons. The van der Waals surface area contributed by atoms with Gasteiger partial charge in [0.25, 0.3) is 0 Å². The van der Waals surface area contributed by atoms with Crippen molar-refractivity contribution in [2.45, 2.75) is 25.9 Å². The first-order chi connectivity index (χ1) is 8.15. The quantitative estimate of drug-likeness (QED) is 0.855. The maximum atomic E-state index is 13.3. The summed E-state index contributed by atoms with van der Waals surface area (Å²) in [4.78, 5) is 0. The molecule has 0 atom stereocenters. The summed E-state index contributed by atoms with van der Waals surface area (Å²) in [5.74, 6) is -0.548. The fourth-order valence-electron chi connectivity index (χ4n) is 1.76. The van der Waals surface area contributed by atoms with E-state index < -0.39 is 18.2 Å². The zero-order chi connectivity index (χ0) is 12.3. The van der Waals surface area contributed by atoms with E-state index in [1.54, 1.807) is 6.07 Å². The van der Waals surface area contributed by atoms with Gasteiger partial charge in [-0.2, -0.15) is 8.78 Å². The maximum Gasteiger partial charge on any atom is 0.387 e. The Bertz CT molecular complexity index is 380. The third-order valence-corrected chi connectivity index (χ3v) is 2.97. The van der Waals surface area contributed by atoms with Gasteiger partial charge in [0.1, 0.15) is 0 Å². The van der Waals surface area contributed by atoms with Crippen molar-refractivity contribution in [1.82, 2.24) is 0 Å². The van der Waals surface area contributed by atoms with E-state index in [-0.39, 0.29) is 0 Å². The Labute approximate surface area is 97.8 Å². The Morgan fingerprint density at radius 3 is 2.65 bits per heavy atom. The van der Waals surface area contributed by atoms with Crippen LogP contribution >= 0.6 is 0 Å². The molecule has 17 heavy (non-hydrogen) atoms. The van der Waals surface area contributed by atoms with Crippen LogP contribution in [0.1, 0.15) is 19.3 Å². The molecule has 0 bridgehead atoms. The molecule has 1 aliphatic carbocycles. The monoisotopic (exact) mass is 245 g/mol. The van der Waals surface area contributed by atoms with Crippen LogP contribution in [0.2, 0.25) is 0 Å². The van der Waals surface area contributed by atoms with Gasteiger partial charge in [-0.3, -0.25) is 0 Å². The Kier molecular flexibility index (Phi) is 3.76. The van der Waals surface area contributed by atoms with Crippen LogP contribution in [0.15, 0.2) is 18.2 Å². The SMILES string of the molecule is Fc1cc(NCC2CCC2)ccc1OC(F)F. The van der Waals surface area contributed by atoms with Crippen LogP contribution in [0.5, 0.6) is 5.75 Å². The topological polar surface area (TPSA) is 21.3 Å². The number of anilines is 1. The highest BCUT2D eigenvalue weighted by molar-refractivity contribution is 5.47. The Balaban J connectivity index is 1.92. The summed E-state index contributed by atoms with van der Waals surface area (Å²) in [5, 5.41) is 3.08. The molecule has 0 spiro atoms. The summed E-state index contributed by atoms with van der Waals surface area (Å²) >= 11 is 0. The van der Waals surface area contributed by atoms with Crippen LogP contribution in [0, 0.1) is 11.7 Å². The Morgan fingerprint density at radius 1 is 1.35 bits per heavy atom. The van der Waals surface area contributed by atoms with E-state index >= 15 is 0 Å². The van der Waals surface area contributed by atoms with Crippen LogP contribution in [-0.2, 0) is 0 Å². The summed E-state index contributed by atoms with van der Waals surface area (Å²) in [5.41, 5.74) is 0.594. The van der Waals surface area contributed by atoms with Gasteiger partial charge in [0, 0.05) is 18.3 Å². The van der Waals surface area contributed by atoms with Gasteiger partial charge >= 0.3 is 6.61 Å². The second-order valence-electron chi connectivity index (χ2n) is 4.20. The van der Waals surface area contributed by atoms with Crippen molar-refractivity contribution in [3.63, 3.8) is 0 Å². The van der Waals surface area contributed by atoms with Gasteiger partial charge in [0.05, 0.1) is 0 Å². The Hall–Kier alpha value is -1.39. The van der Waals surface area contributed by atoms with Gasteiger partial charge < -0.3 is 10.1 Å². The minimum absolute atomic E-state index is 0.422. The normalized spacial score (nSPS) is 15.8. The minimum atomic E-state index is -3.00. The molecule has 5 heteroatoms. The third kappa shape index (κ3) is 3.28. The van der Waals surface area contributed by atoms with E-state index in [2.05, 4.69) is 10.1 Å². The summed E-state index contributed by atoms with van der Waals surface area (Å²) in [6.07, 6.45) is 3.64. The highest BCUT2D eigenvalue weighted by atomic mass is 19.3. The molecule has 2 nitrogen and oxygen atoms in total. The number of nitrogens with one attached hydrogen (secondary N) is 1. The molecular weight excluding hydrogens is 231 g/mol. The highest BCUT2D eigenvalue weighted by Gasteiger charge is 2.17. The smallest absolute Gasteiger partial charge is 0.387 e. The average molecular weight is 245 g/mol. The lowest BCUT2D eigenvalue weighted by Crippen LogP contribution is -2.20. The molecule has 0 unspecified atom stereocenters. The largest absolute Gasteiger partial charge is 0.432 e. The zero-order valence-electron chi connectivity index (χ0n) is 9.26. The number of halogens is 3. The number of benzene rings is 1. The third-order valence-electron chi connectivity index (χ3n) is 2.97. The predicted molar refractivity (Wildman–Crippen MR) is 58.9 cm³/mol. The first-order valence-corrected chi connectivity index (χ1v) is 5.63. The molecule has 1 aromatic carbocycles. The van der Waals surface area contributed by atoms with Crippen molar-refractivity contribution < 1.29 is 17.9 Å². The van der Waals surface area contributed by atoms with Gasteiger partial charge in [-0.1, -0.05) is 6.42 Å². The molecule has 0 amide bonds. The van der Waals surface area contributed by atoms with E-state index in [0.29, 0.717) is 11.6 Å². The molecule has 1 N–H and O–H groups in total. The standard InChI is InChI=1S/C12H14F3NO/c13-10-6-9(16-7-8-2-1-3-8)4-5-11(10)17-12(14)15/h4-6,8,12,16H,1-3,7H2. The summed E-state index contributed by atoms with van der Waals surface area (Å²) in [6.45, 7) is -2.20. The van der Waals surface area contributed by atoms with Gasteiger partial charge in [-0.25, -0.2) is 4.39 Å². The molecule has 1 fully saturated rings. The van der Waals surface area contributed by atoms with Gasteiger partial charge in [0.15, 0.2) is 11.6 Å². The molecule has 0 saturated heterocycles. The van der Waals surface area contributed by atoms with Gasteiger partial charge in [-0.05, 0) is 30.9 Å². The van der Waals surface area contributed by atoms with E-state index in [9.17, 15) is 13.2 Å². The lowest BCUT2D eigenvalue weighted by molar-refractivity contribution is -0.0521. The molecule has 0 aromatic heterocycles. The van der Waals surface area contributed by atoms with Crippen LogP contribution < -0.4 is 10.1 Å². The number of rotatable bonds is 5. The fourth-order valence-corrected chi connectivity index (χ4v) is 1.76. The first-order valence-electron chi connectivity index (χ1n) is 5.63. The van der Waals surface area contributed by atoms with Crippen molar-refractivity contribution in [3.8, 4) is 5.75 Å². The van der Waals surface area contributed by atoms with E-state index in [0.717, 1.165) is 6.54 Å². The van der Waals surface area contributed by atoms with Crippen LogP contribution in [0.4, 0.5) is 18.9 Å². The molecule has 1 saturated carbocycles. The maximum absolute atomic E-state index is 13.3. The second-order valence-corrected chi connectivity index (χ2v) is 4.20. The fraction of sp³-hybridized carbons (Fsp3) is 0.500. The van der Waals surface area contributed by atoms with E-state index in [4.69, 9.17) is 0 Å². The average Bonchev–Trinajstić information content (AvgIpc) is 2.19. The van der Waals surface area contributed by atoms with Gasteiger partial charge in [0.2, 0.25) is 0 Å². The first kappa shape index (κ1) is 12.1. The summed E-state index contributed by atoms with van der Waals surface area (Å²) in [6, 6.07) is 3.93. The predicted octanol–water partition coefficient (Wildman–Crippen LogP) is 3.64. The Morgan fingerprint density at radius 2 is 2.12 bits per heavy atom. The second kappa shape index (κ2) is 5.29. The number of ether oxygens (including phenoxy) is 1. The number of hydrogen-bond acceptors (Lipinski definition) is 2. The highest BCUT2D eigenvalue weighted by Crippen LogP contribution is 2.27. The minimum Gasteiger partial charge on any atom is -0.432 e. The van der Waals surface area contributed by atoms with Crippen molar-refractivity contribution in [2.24, 2.45) is 5.92 Å². The van der Waals surface area contributed by atoms with Crippen molar-refractivity contribution in [3.05, 3.63) is 24.0 Å². The van der Waals surface area contributed by atoms with Gasteiger partial charge in [-0.15, -0.1) is 0 Å². The van der Waals surface area contributed by atoms with E-state index in [1.165, 1.54) is 31.4 Å². The van der Waals surface area contributed by atoms with Crippen molar-refractivity contribution >= 4 is 5.69 Å². The molecule has 0 aliphatic heterocycles. The van der Waals surface area contributed by atoms with Crippen LogP contribution in [0.3, 0.4) is 0 Å². The molecule has 0 heterocycles. The lowest BCUT2D eigenvalue weighted by Gasteiger charge is -2.25. The van der Waals surface area contributed by atoms with Crippen LogP contribution in [-0.4, -0.2) is 13.2 Å². The lowest BCUT2D eigenvalue weighted by atomic mass is 9.85. The molecular formula is C12H14F3NO. The summed E-state index contributed by atoms with van der Waals surface area (Å²) in [7, 11) is 0. The molecule has 2 rings (SSSR count). The number of alkyl halides is 2. The zero-order valence-corrected chi connectivity index (χ0v) is 9.26. The van der Waals surface area contributed by atoms with E-state index in [1.807, 2.05) is 0 Å². The molecule has 1 aliphatic rings. The number of hydrogen-bond donors (Lipinski definition) is 1.